The smallest absolute Gasteiger partial charge is 0.0247 e. The molecular weight excluding hydrogens is 184 g/mol. The largest absolute Gasteiger partial charge is 0.314 e. The van der Waals surface area contributed by atoms with Crippen molar-refractivity contribution in [3.05, 3.63) is 0 Å². The summed E-state index contributed by atoms with van der Waals surface area (Å²) in [5.41, 5.74) is 0. The molecule has 2 atom stereocenters. The lowest BCUT2D eigenvalue weighted by molar-refractivity contribution is 0.0765. The highest BCUT2D eigenvalue weighted by Crippen LogP contribution is 2.19. The molecule has 0 spiro atoms. The second kappa shape index (κ2) is 6.15. The van der Waals surface area contributed by atoms with E-state index in [9.17, 15) is 0 Å². The highest BCUT2D eigenvalue weighted by molar-refractivity contribution is 4.94. The molecule has 1 heterocycles. The zero-order valence-corrected chi connectivity index (χ0v) is 10.3. The van der Waals surface area contributed by atoms with Crippen LogP contribution in [0, 0.1) is 18.3 Å². The Balaban J connectivity index is 2.65. The predicted molar refractivity (Wildman–Crippen MR) is 65.7 cm³/mol. The zero-order chi connectivity index (χ0) is 11.3. The van der Waals surface area contributed by atoms with Crippen molar-refractivity contribution in [3.8, 4) is 12.3 Å². The summed E-state index contributed by atoms with van der Waals surface area (Å²) in [6, 6.07) is 1.22. The standard InChI is InChI=1S/C13H24N2/c1-5-7-12(6-2)15-9-8-14-10-13(15)11(3)4/h1,11-14H,6-10H2,2-4H3. The summed E-state index contributed by atoms with van der Waals surface area (Å²) in [5, 5.41) is 3.47. The molecule has 0 aromatic carbocycles. The van der Waals surface area contributed by atoms with Gasteiger partial charge < -0.3 is 5.32 Å². The minimum Gasteiger partial charge on any atom is -0.314 e. The van der Waals surface area contributed by atoms with E-state index in [1.54, 1.807) is 0 Å². The van der Waals surface area contributed by atoms with Crippen molar-refractivity contribution in [2.45, 2.75) is 45.7 Å². The molecule has 0 amide bonds. The van der Waals surface area contributed by atoms with Gasteiger partial charge in [0, 0.05) is 38.1 Å². The van der Waals surface area contributed by atoms with Crippen LogP contribution in [0.4, 0.5) is 0 Å². The Labute approximate surface area is 94.4 Å². The van der Waals surface area contributed by atoms with Gasteiger partial charge in [0.2, 0.25) is 0 Å². The minimum atomic E-state index is 0.574. The third-order valence-corrected chi connectivity index (χ3v) is 3.39. The SMILES string of the molecule is C#CCC(CC)N1CCNCC1C(C)C. The van der Waals surface area contributed by atoms with Gasteiger partial charge in [-0.2, -0.15) is 0 Å². The summed E-state index contributed by atoms with van der Waals surface area (Å²) in [4.78, 5) is 2.61. The lowest BCUT2D eigenvalue weighted by Gasteiger charge is -2.43. The Morgan fingerprint density at radius 1 is 1.53 bits per heavy atom. The summed E-state index contributed by atoms with van der Waals surface area (Å²) in [6.07, 6.45) is 7.49. The molecule has 0 aliphatic carbocycles. The third kappa shape index (κ3) is 3.22. The molecule has 0 aromatic rings. The summed E-state index contributed by atoms with van der Waals surface area (Å²) in [7, 11) is 0. The Morgan fingerprint density at radius 3 is 2.80 bits per heavy atom. The van der Waals surface area contributed by atoms with Crippen LogP contribution in [0.5, 0.6) is 0 Å². The lowest BCUT2D eigenvalue weighted by atomic mass is 9.96. The Hall–Kier alpha value is -0.520. The van der Waals surface area contributed by atoms with Crippen molar-refractivity contribution >= 4 is 0 Å². The van der Waals surface area contributed by atoms with Crippen LogP contribution in [0.3, 0.4) is 0 Å². The molecule has 2 heteroatoms. The first kappa shape index (κ1) is 12.5. The number of hydrogen-bond acceptors (Lipinski definition) is 2. The van der Waals surface area contributed by atoms with Crippen LogP contribution in [0.2, 0.25) is 0 Å². The van der Waals surface area contributed by atoms with Gasteiger partial charge in [0.1, 0.15) is 0 Å². The van der Waals surface area contributed by atoms with Crippen LogP contribution in [-0.2, 0) is 0 Å². The van der Waals surface area contributed by atoms with E-state index in [-0.39, 0.29) is 0 Å². The van der Waals surface area contributed by atoms with E-state index >= 15 is 0 Å². The Morgan fingerprint density at radius 2 is 2.27 bits per heavy atom. The van der Waals surface area contributed by atoms with Gasteiger partial charge in [-0.3, -0.25) is 4.90 Å². The fourth-order valence-corrected chi connectivity index (χ4v) is 2.45. The molecule has 2 nitrogen and oxygen atoms in total. The minimum absolute atomic E-state index is 0.574. The molecule has 15 heavy (non-hydrogen) atoms. The molecular formula is C13H24N2. The van der Waals surface area contributed by atoms with E-state index < -0.39 is 0 Å². The third-order valence-electron chi connectivity index (χ3n) is 3.39. The number of nitrogens with one attached hydrogen (secondary N) is 1. The number of hydrogen-bond donors (Lipinski definition) is 1. The molecule has 1 rings (SSSR count). The first-order valence-electron chi connectivity index (χ1n) is 6.10. The van der Waals surface area contributed by atoms with Crippen molar-refractivity contribution in [1.82, 2.24) is 10.2 Å². The van der Waals surface area contributed by atoms with E-state index in [0.29, 0.717) is 18.0 Å². The topological polar surface area (TPSA) is 15.3 Å². The van der Waals surface area contributed by atoms with Crippen LogP contribution < -0.4 is 5.32 Å². The fourth-order valence-electron chi connectivity index (χ4n) is 2.45. The van der Waals surface area contributed by atoms with E-state index in [1.807, 2.05) is 0 Å². The van der Waals surface area contributed by atoms with Crippen LogP contribution >= 0.6 is 0 Å². The van der Waals surface area contributed by atoms with Crippen molar-refractivity contribution in [1.29, 1.82) is 0 Å². The first-order valence-corrected chi connectivity index (χ1v) is 6.10. The predicted octanol–water partition coefficient (Wildman–Crippen LogP) is 1.72. The number of piperazine rings is 1. The maximum atomic E-state index is 5.44. The number of nitrogens with zero attached hydrogens (tertiary/aromatic N) is 1. The van der Waals surface area contributed by atoms with Crippen LogP contribution in [0.25, 0.3) is 0 Å². The summed E-state index contributed by atoms with van der Waals surface area (Å²) in [5.74, 6) is 3.51. The molecule has 1 saturated heterocycles. The van der Waals surface area contributed by atoms with Gasteiger partial charge in [-0.05, 0) is 12.3 Å². The Bertz CT molecular complexity index is 217. The van der Waals surface area contributed by atoms with Crippen molar-refractivity contribution < 1.29 is 0 Å². The highest BCUT2D eigenvalue weighted by atomic mass is 15.2. The molecule has 2 unspecified atom stereocenters. The fraction of sp³-hybridized carbons (Fsp3) is 0.846. The van der Waals surface area contributed by atoms with E-state index in [2.05, 4.69) is 36.9 Å². The van der Waals surface area contributed by atoms with Gasteiger partial charge in [-0.1, -0.05) is 20.8 Å². The number of terminal acetylenes is 1. The summed E-state index contributed by atoms with van der Waals surface area (Å²) >= 11 is 0. The molecule has 0 radical (unpaired) electrons. The lowest BCUT2D eigenvalue weighted by Crippen LogP contribution is -2.56. The molecule has 0 saturated carbocycles. The van der Waals surface area contributed by atoms with Gasteiger partial charge in [0.25, 0.3) is 0 Å². The van der Waals surface area contributed by atoms with E-state index in [0.717, 1.165) is 32.5 Å². The maximum Gasteiger partial charge on any atom is 0.0247 e. The average Bonchev–Trinajstić information content (AvgIpc) is 2.26. The van der Waals surface area contributed by atoms with Gasteiger partial charge in [0.15, 0.2) is 0 Å². The van der Waals surface area contributed by atoms with Crippen molar-refractivity contribution in [2.24, 2.45) is 5.92 Å². The second-order valence-corrected chi connectivity index (χ2v) is 4.72. The van der Waals surface area contributed by atoms with E-state index in [1.165, 1.54) is 0 Å². The van der Waals surface area contributed by atoms with Crippen LogP contribution in [0.15, 0.2) is 0 Å². The van der Waals surface area contributed by atoms with Gasteiger partial charge in [-0.25, -0.2) is 0 Å². The van der Waals surface area contributed by atoms with Gasteiger partial charge in [0.05, 0.1) is 0 Å². The van der Waals surface area contributed by atoms with Crippen molar-refractivity contribution in [2.75, 3.05) is 19.6 Å². The quantitative estimate of drug-likeness (QED) is 0.708. The second-order valence-electron chi connectivity index (χ2n) is 4.72. The molecule has 1 fully saturated rings. The van der Waals surface area contributed by atoms with Crippen LogP contribution in [-0.4, -0.2) is 36.6 Å². The van der Waals surface area contributed by atoms with E-state index in [4.69, 9.17) is 6.42 Å². The molecule has 1 aliphatic heterocycles. The highest BCUT2D eigenvalue weighted by Gasteiger charge is 2.29. The molecule has 1 aliphatic rings. The van der Waals surface area contributed by atoms with Gasteiger partial charge >= 0.3 is 0 Å². The van der Waals surface area contributed by atoms with Crippen LogP contribution in [0.1, 0.15) is 33.6 Å². The summed E-state index contributed by atoms with van der Waals surface area (Å²) in [6.45, 7) is 10.2. The Kier molecular flexibility index (Phi) is 5.14. The van der Waals surface area contributed by atoms with Crippen molar-refractivity contribution in [3.63, 3.8) is 0 Å². The average molecular weight is 208 g/mol. The first-order chi connectivity index (χ1) is 7.20. The molecule has 0 bridgehead atoms. The molecule has 0 aromatic heterocycles. The normalized spacial score (nSPS) is 25.1. The number of rotatable bonds is 4. The zero-order valence-electron chi connectivity index (χ0n) is 10.3. The molecule has 86 valence electrons. The summed E-state index contributed by atoms with van der Waals surface area (Å²) < 4.78 is 0. The van der Waals surface area contributed by atoms with Gasteiger partial charge in [-0.15, -0.1) is 12.3 Å². The maximum absolute atomic E-state index is 5.44. The monoisotopic (exact) mass is 208 g/mol. The molecule has 1 N–H and O–H groups in total.